The number of Topliss-reactive ketones (excluding diaryl/α,β-unsaturated/α-hetero) is 1. The molecule has 0 bridgehead atoms. The zero-order valence-electron chi connectivity index (χ0n) is 13.2. The van der Waals surface area contributed by atoms with E-state index in [1.54, 1.807) is 0 Å². The molecule has 18 heavy (non-hydrogen) atoms. The largest absolute Gasteiger partial charge is 0.346 e. The number of carbonyl (C=O) groups excluding carboxylic acids is 2. The zero-order chi connectivity index (χ0) is 14.7. The van der Waals surface area contributed by atoms with Gasteiger partial charge in [0, 0.05) is 10.8 Å². The van der Waals surface area contributed by atoms with Gasteiger partial charge in [0.2, 0.25) is 5.91 Å². The highest BCUT2D eigenvalue weighted by atomic mass is 16.2. The second-order valence-corrected chi connectivity index (χ2v) is 7.52. The highest BCUT2D eigenvalue weighted by molar-refractivity contribution is 5.93. The Labute approximate surface area is 112 Å². The molecule has 0 saturated carbocycles. The van der Waals surface area contributed by atoms with E-state index in [0.29, 0.717) is 12.3 Å². The van der Waals surface area contributed by atoms with Crippen LogP contribution in [-0.4, -0.2) is 17.7 Å². The maximum absolute atomic E-state index is 12.3. The summed E-state index contributed by atoms with van der Waals surface area (Å²) < 4.78 is 0. The van der Waals surface area contributed by atoms with E-state index in [1.807, 2.05) is 41.5 Å². The molecule has 0 saturated heterocycles. The third kappa shape index (κ3) is 5.65. The highest BCUT2D eigenvalue weighted by Crippen LogP contribution is 2.22. The van der Waals surface area contributed by atoms with Gasteiger partial charge in [-0.05, 0) is 12.3 Å². The fraction of sp³-hybridized carbons (Fsp3) is 0.867. The van der Waals surface area contributed by atoms with Crippen LogP contribution in [0.5, 0.6) is 0 Å². The van der Waals surface area contributed by atoms with E-state index in [0.717, 1.165) is 0 Å². The quantitative estimate of drug-likeness (QED) is 0.838. The van der Waals surface area contributed by atoms with Crippen molar-refractivity contribution in [2.24, 2.45) is 16.7 Å². The molecule has 0 radical (unpaired) electrons. The molecule has 0 fully saturated rings. The van der Waals surface area contributed by atoms with Crippen molar-refractivity contribution in [3.8, 4) is 0 Å². The van der Waals surface area contributed by atoms with E-state index in [1.165, 1.54) is 0 Å². The molecule has 0 heterocycles. The Morgan fingerprint density at radius 3 is 1.67 bits per heavy atom. The standard InChI is InChI=1S/C15H29NO2/c1-10(2)9-11(12(17)14(3,4)5)16-13(18)15(6,7)8/h10-11H,9H2,1-8H3,(H,16,18)/t11-/m0/s1. The van der Waals surface area contributed by atoms with Crippen LogP contribution < -0.4 is 5.32 Å². The normalized spacial score (nSPS) is 14.5. The first-order chi connectivity index (χ1) is 7.85. The molecule has 0 aliphatic rings. The summed E-state index contributed by atoms with van der Waals surface area (Å²) in [5.74, 6) is 0.418. The van der Waals surface area contributed by atoms with Gasteiger partial charge in [-0.1, -0.05) is 55.4 Å². The van der Waals surface area contributed by atoms with Gasteiger partial charge in [-0.15, -0.1) is 0 Å². The Morgan fingerprint density at radius 1 is 0.944 bits per heavy atom. The minimum absolute atomic E-state index is 0.0641. The molecule has 0 aromatic rings. The summed E-state index contributed by atoms with van der Waals surface area (Å²) in [7, 11) is 0. The van der Waals surface area contributed by atoms with Crippen LogP contribution in [0.1, 0.15) is 61.8 Å². The van der Waals surface area contributed by atoms with Gasteiger partial charge in [0.1, 0.15) is 0 Å². The van der Waals surface area contributed by atoms with E-state index < -0.39 is 10.8 Å². The summed E-state index contributed by atoms with van der Waals surface area (Å²) in [6.45, 7) is 15.4. The smallest absolute Gasteiger partial charge is 0.225 e. The molecule has 1 amide bonds. The first kappa shape index (κ1) is 17.1. The SMILES string of the molecule is CC(C)C[C@H](NC(=O)C(C)(C)C)C(=O)C(C)(C)C. The molecular formula is C15H29NO2. The minimum Gasteiger partial charge on any atom is -0.346 e. The molecule has 0 unspecified atom stereocenters. The highest BCUT2D eigenvalue weighted by Gasteiger charge is 2.33. The third-order valence-electron chi connectivity index (χ3n) is 2.75. The predicted octanol–water partition coefficient (Wildman–Crippen LogP) is 3.18. The van der Waals surface area contributed by atoms with Crippen LogP contribution in [0.4, 0.5) is 0 Å². The molecule has 0 spiro atoms. The summed E-state index contributed by atoms with van der Waals surface area (Å²) >= 11 is 0. The summed E-state index contributed by atoms with van der Waals surface area (Å²) in [6, 6.07) is -0.378. The number of ketones is 1. The number of carbonyl (C=O) groups is 2. The van der Waals surface area contributed by atoms with Gasteiger partial charge in [-0.25, -0.2) is 0 Å². The summed E-state index contributed by atoms with van der Waals surface area (Å²) in [5.41, 5.74) is -0.891. The van der Waals surface area contributed by atoms with Crippen LogP contribution >= 0.6 is 0 Å². The summed E-state index contributed by atoms with van der Waals surface area (Å²) in [6.07, 6.45) is 0.692. The van der Waals surface area contributed by atoms with Crippen LogP contribution in [0, 0.1) is 16.7 Å². The molecule has 0 aromatic carbocycles. The average molecular weight is 255 g/mol. The Hall–Kier alpha value is -0.860. The number of nitrogens with one attached hydrogen (secondary N) is 1. The summed E-state index contributed by atoms with van der Waals surface area (Å²) in [4.78, 5) is 24.4. The van der Waals surface area contributed by atoms with Crippen molar-refractivity contribution in [3.63, 3.8) is 0 Å². The van der Waals surface area contributed by atoms with Crippen molar-refractivity contribution < 1.29 is 9.59 Å². The number of hydrogen-bond acceptors (Lipinski definition) is 2. The van der Waals surface area contributed by atoms with Crippen LogP contribution in [0.2, 0.25) is 0 Å². The first-order valence-corrected chi connectivity index (χ1v) is 6.71. The number of amides is 1. The lowest BCUT2D eigenvalue weighted by atomic mass is 9.83. The van der Waals surface area contributed by atoms with Crippen molar-refractivity contribution >= 4 is 11.7 Å². The Balaban J connectivity index is 4.92. The monoisotopic (exact) mass is 255 g/mol. The molecule has 3 nitrogen and oxygen atoms in total. The van der Waals surface area contributed by atoms with Crippen molar-refractivity contribution in [1.29, 1.82) is 0 Å². The molecule has 1 atom stereocenters. The second-order valence-electron chi connectivity index (χ2n) is 7.52. The average Bonchev–Trinajstić information content (AvgIpc) is 2.11. The lowest BCUT2D eigenvalue weighted by Gasteiger charge is -2.29. The van der Waals surface area contributed by atoms with Gasteiger partial charge in [-0.2, -0.15) is 0 Å². The number of rotatable bonds is 4. The van der Waals surface area contributed by atoms with Crippen molar-refractivity contribution in [1.82, 2.24) is 5.32 Å². The van der Waals surface area contributed by atoms with Gasteiger partial charge >= 0.3 is 0 Å². The molecule has 0 aromatic heterocycles. The van der Waals surface area contributed by atoms with Gasteiger partial charge in [0.05, 0.1) is 6.04 Å². The molecular weight excluding hydrogens is 226 g/mol. The van der Waals surface area contributed by atoms with E-state index in [9.17, 15) is 9.59 Å². The van der Waals surface area contributed by atoms with Crippen LogP contribution in [0.3, 0.4) is 0 Å². The van der Waals surface area contributed by atoms with Crippen molar-refractivity contribution in [2.45, 2.75) is 67.9 Å². The van der Waals surface area contributed by atoms with Crippen LogP contribution in [-0.2, 0) is 9.59 Å². The number of hydrogen-bond donors (Lipinski definition) is 1. The van der Waals surface area contributed by atoms with Crippen molar-refractivity contribution in [3.05, 3.63) is 0 Å². The third-order valence-corrected chi connectivity index (χ3v) is 2.75. The van der Waals surface area contributed by atoms with Crippen molar-refractivity contribution in [2.75, 3.05) is 0 Å². The fourth-order valence-corrected chi connectivity index (χ4v) is 1.60. The lowest BCUT2D eigenvalue weighted by Crippen LogP contribution is -2.49. The predicted molar refractivity (Wildman–Crippen MR) is 75.3 cm³/mol. The topological polar surface area (TPSA) is 46.2 Å². The van der Waals surface area contributed by atoms with Crippen LogP contribution in [0.25, 0.3) is 0 Å². The molecule has 1 N–H and O–H groups in total. The van der Waals surface area contributed by atoms with E-state index >= 15 is 0 Å². The van der Waals surface area contributed by atoms with Gasteiger partial charge in [0.25, 0.3) is 0 Å². The fourth-order valence-electron chi connectivity index (χ4n) is 1.60. The van der Waals surface area contributed by atoms with Gasteiger partial charge in [-0.3, -0.25) is 9.59 Å². The van der Waals surface area contributed by atoms with E-state index in [2.05, 4.69) is 19.2 Å². The second kappa shape index (κ2) is 5.85. The van der Waals surface area contributed by atoms with E-state index in [4.69, 9.17) is 0 Å². The molecule has 0 aliphatic heterocycles. The Kier molecular flexibility index (Phi) is 5.57. The molecule has 0 aliphatic carbocycles. The maximum Gasteiger partial charge on any atom is 0.225 e. The van der Waals surface area contributed by atoms with Gasteiger partial charge < -0.3 is 5.32 Å². The van der Waals surface area contributed by atoms with E-state index in [-0.39, 0.29) is 17.7 Å². The minimum atomic E-state index is -0.465. The zero-order valence-corrected chi connectivity index (χ0v) is 13.2. The van der Waals surface area contributed by atoms with Gasteiger partial charge in [0.15, 0.2) is 5.78 Å². The molecule has 3 heteroatoms. The van der Waals surface area contributed by atoms with Crippen LogP contribution in [0.15, 0.2) is 0 Å². The Morgan fingerprint density at radius 2 is 1.39 bits per heavy atom. The maximum atomic E-state index is 12.3. The summed E-state index contributed by atoms with van der Waals surface area (Å²) in [5, 5.41) is 2.91. The first-order valence-electron chi connectivity index (χ1n) is 6.71. The molecule has 106 valence electrons. The Bertz CT molecular complexity index is 305. The lowest BCUT2D eigenvalue weighted by molar-refractivity contribution is -0.136. The molecule has 0 rings (SSSR count).